The van der Waals surface area contributed by atoms with Crippen LogP contribution in [0.2, 0.25) is 10.0 Å². The van der Waals surface area contributed by atoms with Gasteiger partial charge in [0.25, 0.3) is 0 Å². The van der Waals surface area contributed by atoms with Gasteiger partial charge in [0.05, 0.1) is 11.9 Å². The maximum absolute atomic E-state index is 13.7. The number of nitrogens with zero attached hydrogens (tertiary/aromatic N) is 2. The van der Waals surface area contributed by atoms with Crippen molar-refractivity contribution < 1.29 is 18.0 Å². The molecule has 0 aromatic heterocycles. The molecular formula is C25H31Cl2N3O4S. The van der Waals surface area contributed by atoms with Gasteiger partial charge in [-0.05, 0) is 55.2 Å². The number of hydrogen-bond donors (Lipinski definition) is 1. The topological polar surface area (TPSA) is 86.8 Å². The van der Waals surface area contributed by atoms with Gasteiger partial charge >= 0.3 is 0 Å². The van der Waals surface area contributed by atoms with Crippen LogP contribution < -0.4 is 9.62 Å². The van der Waals surface area contributed by atoms with Crippen LogP contribution >= 0.6 is 23.2 Å². The van der Waals surface area contributed by atoms with Crippen LogP contribution in [0.5, 0.6) is 0 Å². The van der Waals surface area contributed by atoms with Crippen molar-refractivity contribution in [1.82, 2.24) is 10.2 Å². The normalized spacial score (nSPS) is 15.0. The molecule has 1 aliphatic carbocycles. The van der Waals surface area contributed by atoms with E-state index in [0.29, 0.717) is 27.7 Å². The Hall–Kier alpha value is -2.29. The van der Waals surface area contributed by atoms with E-state index in [0.717, 1.165) is 36.2 Å². The number of amides is 2. The Morgan fingerprint density at radius 1 is 1.06 bits per heavy atom. The van der Waals surface area contributed by atoms with E-state index in [9.17, 15) is 18.0 Å². The molecule has 0 aliphatic heterocycles. The molecule has 1 fully saturated rings. The third kappa shape index (κ3) is 7.35. The summed E-state index contributed by atoms with van der Waals surface area (Å²) in [5, 5.41) is 3.99. The van der Waals surface area contributed by atoms with Gasteiger partial charge in [0.2, 0.25) is 21.8 Å². The molecule has 1 N–H and O–H groups in total. The van der Waals surface area contributed by atoms with E-state index in [4.69, 9.17) is 23.2 Å². The first-order chi connectivity index (χ1) is 16.6. The molecule has 2 amide bonds. The lowest BCUT2D eigenvalue weighted by atomic mass is 10.1. The second-order valence-corrected chi connectivity index (χ2v) is 11.5. The maximum atomic E-state index is 13.7. The van der Waals surface area contributed by atoms with Gasteiger partial charge in [0.15, 0.2) is 0 Å². The minimum absolute atomic E-state index is 0.0767. The lowest BCUT2D eigenvalue weighted by molar-refractivity contribution is -0.140. The third-order valence-electron chi connectivity index (χ3n) is 6.18. The number of halogens is 2. The molecule has 3 rings (SSSR count). The van der Waals surface area contributed by atoms with Gasteiger partial charge in [0, 0.05) is 22.6 Å². The molecule has 7 nitrogen and oxygen atoms in total. The van der Waals surface area contributed by atoms with Crippen LogP contribution in [0.15, 0.2) is 48.5 Å². The zero-order valence-electron chi connectivity index (χ0n) is 19.9. The van der Waals surface area contributed by atoms with Crippen molar-refractivity contribution in [2.24, 2.45) is 0 Å². The minimum atomic E-state index is -3.80. The van der Waals surface area contributed by atoms with Crippen molar-refractivity contribution in [3.8, 4) is 0 Å². The Bertz CT molecular complexity index is 1140. The second kappa shape index (κ2) is 12.1. The Morgan fingerprint density at radius 3 is 2.26 bits per heavy atom. The quantitative estimate of drug-likeness (QED) is 0.476. The molecule has 1 saturated carbocycles. The molecule has 2 aromatic carbocycles. The van der Waals surface area contributed by atoms with Gasteiger partial charge in [-0.25, -0.2) is 8.42 Å². The van der Waals surface area contributed by atoms with E-state index in [1.165, 1.54) is 4.90 Å². The molecule has 0 spiro atoms. The summed E-state index contributed by atoms with van der Waals surface area (Å²) in [6, 6.07) is 12.6. The summed E-state index contributed by atoms with van der Waals surface area (Å²) in [7, 11) is -3.80. The van der Waals surface area contributed by atoms with Crippen LogP contribution in [0, 0.1) is 0 Å². The molecule has 1 aliphatic rings. The molecular weight excluding hydrogens is 509 g/mol. The number of anilines is 1. The summed E-state index contributed by atoms with van der Waals surface area (Å²) >= 11 is 12.3. The molecule has 0 unspecified atom stereocenters. The van der Waals surface area contributed by atoms with Crippen LogP contribution in [0.4, 0.5) is 5.69 Å². The summed E-state index contributed by atoms with van der Waals surface area (Å²) in [4.78, 5) is 28.4. The average molecular weight is 541 g/mol. The zero-order chi connectivity index (χ0) is 25.6. The molecule has 190 valence electrons. The molecule has 0 radical (unpaired) electrons. The number of carbonyl (C=O) groups is 2. The number of benzene rings is 2. The maximum Gasteiger partial charge on any atom is 0.244 e. The Kier molecular flexibility index (Phi) is 9.44. The summed E-state index contributed by atoms with van der Waals surface area (Å²) in [5.41, 5.74) is 0.985. The van der Waals surface area contributed by atoms with Gasteiger partial charge < -0.3 is 10.2 Å². The van der Waals surface area contributed by atoms with Gasteiger partial charge in [-0.1, -0.05) is 61.2 Å². The Morgan fingerprint density at radius 2 is 1.69 bits per heavy atom. The van der Waals surface area contributed by atoms with Crippen molar-refractivity contribution >= 4 is 50.7 Å². The van der Waals surface area contributed by atoms with Gasteiger partial charge in [-0.15, -0.1) is 0 Å². The molecule has 2 aromatic rings. The van der Waals surface area contributed by atoms with Crippen LogP contribution in [0.25, 0.3) is 0 Å². The monoisotopic (exact) mass is 539 g/mol. The number of rotatable bonds is 10. The smallest absolute Gasteiger partial charge is 0.244 e. The molecule has 1 atom stereocenters. The first kappa shape index (κ1) is 27.3. The zero-order valence-corrected chi connectivity index (χ0v) is 22.2. The van der Waals surface area contributed by atoms with E-state index in [1.807, 2.05) is 6.92 Å². The summed E-state index contributed by atoms with van der Waals surface area (Å²) < 4.78 is 26.2. The van der Waals surface area contributed by atoms with Gasteiger partial charge in [-0.2, -0.15) is 0 Å². The van der Waals surface area contributed by atoms with Crippen LogP contribution in [0.3, 0.4) is 0 Å². The third-order valence-corrected chi connectivity index (χ3v) is 7.94. The lowest BCUT2D eigenvalue weighted by Crippen LogP contribution is -2.53. The highest BCUT2D eigenvalue weighted by Crippen LogP contribution is 2.24. The van der Waals surface area contributed by atoms with E-state index in [2.05, 4.69) is 5.32 Å². The number of carbonyl (C=O) groups excluding carboxylic acids is 2. The fourth-order valence-corrected chi connectivity index (χ4v) is 5.49. The molecule has 0 heterocycles. The highest BCUT2D eigenvalue weighted by Gasteiger charge is 2.33. The first-order valence-corrected chi connectivity index (χ1v) is 14.3. The van der Waals surface area contributed by atoms with Crippen LogP contribution in [-0.2, 0) is 26.2 Å². The fraction of sp³-hybridized carbons (Fsp3) is 0.440. The van der Waals surface area contributed by atoms with Crippen molar-refractivity contribution in [3.63, 3.8) is 0 Å². The Labute approximate surface area is 217 Å². The van der Waals surface area contributed by atoms with Crippen molar-refractivity contribution in [1.29, 1.82) is 0 Å². The van der Waals surface area contributed by atoms with E-state index in [-0.39, 0.29) is 18.5 Å². The standard InChI is InChI=1S/C25H31Cl2N3O4S/c1-3-23(25(32)28-20-9-5-6-10-20)29(16-18-8-4-7-11-22(18)27)24(31)17-30(35(2,33)34)21-14-12-19(26)13-15-21/h4,7-8,11-15,20,23H,3,5-6,9-10,16-17H2,1-2H3,(H,28,32)/t23-/m0/s1. The summed E-state index contributed by atoms with van der Waals surface area (Å²) in [5.74, 6) is -0.740. The predicted octanol–water partition coefficient (Wildman–Crippen LogP) is 4.63. The van der Waals surface area contributed by atoms with Crippen molar-refractivity contribution in [3.05, 3.63) is 64.1 Å². The molecule has 35 heavy (non-hydrogen) atoms. The number of nitrogens with one attached hydrogen (secondary N) is 1. The second-order valence-electron chi connectivity index (χ2n) is 8.77. The minimum Gasteiger partial charge on any atom is -0.352 e. The Balaban J connectivity index is 1.92. The molecule has 0 saturated heterocycles. The van der Waals surface area contributed by atoms with E-state index in [1.54, 1.807) is 48.5 Å². The predicted molar refractivity (Wildman–Crippen MR) is 140 cm³/mol. The molecule has 0 bridgehead atoms. The van der Waals surface area contributed by atoms with E-state index >= 15 is 0 Å². The van der Waals surface area contributed by atoms with E-state index < -0.39 is 28.5 Å². The number of sulfonamides is 1. The highest BCUT2D eigenvalue weighted by atomic mass is 35.5. The van der Waals surface area contributed by atoms with Crippen molar-refractivity contribution in [2.75, 3.05) is 17.1 Å². The fourth-order valence-electron chi connectivity index (χ4n) is 4.32. The van der Waals surface area contributed by atoms with Crippen LogP contribution in [0.1, 0.15) is 44.6 Å². The summed E-state index contributed by atoms with van der Waals surface area (Å²) in [6.45, 7) is 1.45. The highest BCUT2D eigenvalue weighted by molar-refractivity contribution is 7.92. The largest absolute Gasteiger partial charge is 0.352 e. The summed E-state index contributed by atoms with van der Waals surface area (Å²) in [6.07, 6.45) is 5.37. The van der Waals surface area contributed by atoms with Gasteiger partial charge in [0.1, 0.15) is 12.6 Å². The average Bonchev–Trinajstić information content (AvgIpc) is 3.31. The first-order valence-electron chi connectivity index (χ1n) is 11.7. The van der Waals surface area contributed by atoms with Crippen molar-refractivity contribution in [2.45, 2.75) is 57.7 Å². The van der Waals surface area contributed by atoms with Crippen LogP contribution in [-0.4, -0.2) is 50.0 Å². The molecule has 10 heteroatoms. The lowest BCUT2D eigenvalue weighted by Gasteiger charge is -2.33. The SMILES string of the molecule is CC[C@@H](C(=O)NC1CCCC1)N(Cc1ccccc1Cl)C(=O)CN(c1ccc(Cl)cc1)S(C)(=O)=O. The van der Waals surface area contributed by atoms with Gasteiger partial charge in [-0.3, -0.25) is 13.9 Å². The number of hydrogen-bond acceptors (Lipinski definition) is 4.